The molecule has 0 saturated carbocycles. The number of nitrogens with zero attached hydrogens (tertiary/aromatic N) is 2. The zero-order chi connectivity index (χ0) is 15.8. The van der Waals surface area contributed by atoms with E-state index in [-0.39, 0.29) is 5.69 Å². The van der Waals surface area contributed by atoms with Crippen LogP contribution in [-0.2, 0) is 0 Å². The van der Waals surface area contributed by atoms with E-state index in [9.17, 15) is 10.1 Å². The second-order valence-electron chi connectivity index (χ2n) is 4.86. The summed E-state index contributed by atoms with van der Waals surface area (Å²) in [6.45, 7) is 2.89. The van der Waals surface area contributed by atoms with Gasteiger partial charge in [0.1, 0.15) is 17.8 Å². The highest BCUT2D eigenvalue weighted by molar-refractivity contribution is 5.57. The van der Waals surface area contributed by atoms with Crippen molar-refractivity contribution in [1.29, 1.82) is 0 Å². The maximum absolute atomic E-state index is 10.6. The minimum absolute atomic E-state index is 0.0265. The molecule has 0 saturated heterocycles. The molecule has 0 unspecified atom stereocenters. The van der Waals surface area contributed by atoms with Gasteiger partial charge in [-0.15, -0.1) is 0 Å². The van der Waals surface area contributed by atoms with Gasteiger partial charge in [0.2, 0.25) is 0 Å². The monoisotopic (exact) mass is 301 g/mol. The maximum atomic E-state index is 10.6. The fraction of sp³-hybridized carbons (Fsp3) is 0.312. The zero-order valence-corrected chi connectivity index (χ0v) is 12.5. The summed E-state index contributed by atoms with van der Waals surface area (Å²) in [5.74, 6) is 1.39. The molecule has 2 aromatic rings. The van der Waals surface area contributed by atoms with Gasteiger partial charge in [-0.05, 0) is 36.8 Å². The smallest absolute Gasteiger partial charge is 0.287 e. The van der Waals surface area contributed by atoms with E-state index < -0.39 is 4.92 Å². The van der Waals surface area contributed by atoms with E-state index in [2.05, 4.69) is 17.2 Å². The molecule has 0 radical (unpaired) electrons. The van der Waals surface area contributed by atoms with Crippen molar-refractivity contribution in [3.8, 4) is 5.75 Å². The lowest BCUT2D eigenvalue weighted by Crippen LogP contribution is -1.98. The third kappa shape index (κ3) is 4.73. The number of hydrogen-bond acceptors (Lipinski definition) is 5. The quantitative estimate of drug-likeness (QED) is 0.447. The molecule has 1 N–H and O–H groups in total. The van der Waals surface area contributed by atoms with E-state index in [1.165, 1.54) is 25.1 Å². The van der Waals surface area contributed by atoms with Crippen molar-refractivity contribution in [3.05, 3.63) is 52.7 Å². The van der Waals surface area contributed by atoms with Crippen molar-refractivity contribution >= 4 is 17.2 Å². The number of benzene rings is 1. The van der Waals surface area contributed by atoms with E-state index >= 15 is 0 Å². The Labute approximate surface area is 129 Å². The first kappa shape index (κ1) is 15.8. The van der Waals surface area contributed by atoms with Crippen LogP contribution in [0.25, 0.3) is 0 Å². The number of pyridine rings is 1. The van der Waals surface area contributed by atoms with Crippen LogP contribution in [0.3, 0.4) is 0 Å². The van der Waals surface area contributed by atoms with Gasteiger partial charge < -0.3 is 10.1 Å². The molecule has 6 nitrogen and oxygen atoms in total. The van der Waals surface area contributed by atoms with E-state index in [0.29, 0.717) is 5.82 Å². The van der Waals surface area contributed by atoms with Crippen molar-refractivity contribution in [2.24, 2.45) is 0 Å². The van der Waals surface area contributed by atoms with Crippen molar-refractivity contribution in [3.63, 3.8) is 0 Å². The molecule has 1 aromatic heterocycles. The minimum atomic E-state index is -0.471. The average molecular weight is 301 g/mol. The molecule has 0 aliphatic rings. The van der Waals surface area contributed by atoms with Crippen molar-refractivity contribution in [1.82, 2.24) is 4.98 Å². The van der Waals surface area contributed by atoms with Crippen LogP contribution in [0.1, 0.15) is 26.2 Å². The Morgan fingerprint density at radius 2 is 1.95 bits per heavy atom. The molecular formula is C16H19N3O3. The molecule has 116 valence electrons. The Bertz CT molecular complexity index is 597. The van der Waals surface area contributed by atoms with Gasteiger partial charge in [0, 0.05) is 11.8 Å². The van der Waals surface area contributed by atoms with Crippen molar-refractivity contribution < 1.29 is 9.66 Å². The Morgan fingerprint density at radius 3 is 2.55 bits per heavy atom. The number of anilines is 2. The van der Waals surface area contributed by atoms with Crippen molar-refractivity contribution in [2.75, 3.05) is 11.9 Å². The molecule has 0 amide bonds. The Kier molecular flexibility index (Phi) is 5.71. The van der Waals surface area contributed by atoms with Gasteiger partial charge in [0.25, 0.3) is 5.69 Å². The number of nitrogens with one attached hydrogen (secondary N) is 1. The van der Waals surface area contributed by atoms with Crippen LogP contribution in [0.2, 0.25) is 0 Å². The summed E-state index contributed by atoms with van der Waals surface area (Å²) in [5, 5.41) is 13.7. The zero-order valence-electron chi connectivity index (χ0n) is 12.5. The molecule has 1 heterocycles. The van der Waals surface area contributed by atoms with Crippen LogP contribution in [-0.4, -0.2) is 16.5 Å². The van der Waals surface area contributed by atoms with Crippen LogP contribution in [0.15, 0.2) is 42.6 Å². The molecule has 0 aliphatic heterocycles. The lowest BCUT2D eigenvalue weighted by atomic mass is 10.2. The molecule has 0 bridgehead atoms. The van der Waals surface area contributed by atoms with Crippen molar-refractivity contribution in [2.45, 2.75) is 26.2 Å². The lowest BCUT2D eigenvalue weighted by Gasteiger charge is -2.08. The number of aromatic nitrogens is 1. The first-order chi connectivity index (χ1) is 10.7. The molecular weight excluding hydrogens is 282 g/mol. The second-order valence-corrected chi connectivity index (χ2v) is 4.86. The van der Waals surface area contributed by atoms with E-state index in [1.807, 2.05) is 24.3 Å². The summed E-state index contributed by atoms with van der Waals surface area (Å²) in [6.07, 6.45) is 4.64. The molecule has 0 fully saturated rings. The highest BCUT2D eigenvalue weighted by atomic mass is 16.6. The molecule has 2 rings (SSSR count). The van der Waals surface area contributed by atoms with Gasteiger partial charge in [0.15, 0.2) is 0 Å². The van der Waals surface area contributed by atoms with E-state index in [0.717, 1.165) is 24.5 Å². The molecule has 6 heteroatoms. The van der Waals surface area contributed by atoms with Crippen LogP contribution in [0, 0.1) is 10.1 Å². The summed E-state index contributed by atoms with van der Waals surface area (Å²) < 4.78 is 5.64. The number of unbranched alkanes of at least 4 members (excludes halogenated alkanes) is 2. The topological polar surface area (TPSA) is 77.3 Å². The van der Waals surface area contributed by atoms with Gasteiger partial charge in [-0.2, -0.15) is 0 Å². The number of nitro groups is 1. The van der Waals surface area contributed by atoms with Gasteiger partial charge in [-0.3, -0.25) is 10.1 Å². The number of rotatable bonds is 8. The summed E-state index contributed by atoms with van der Waals surface area (Å²) in [6, 6.07) is 10.5. The molecule has 1 aromatic carbocycles. The van der Waals surface area contributed by atoms with Gasteiger partial charge in [-0.25, -0.2) is 4.98 Å². The summed E-state index contributed by atoms with van der Waals surface area (Å²) in [7, 11) is 0. The third-order valence-corrected chi connectivity index (χ3v) is 3.10. The van der Waals surface area contributed by atoms with Crippen LogP contribution in [0.4, 0.5) is 17.2 Å². The lowest BCUT2D eigenvalue weighted by molar-refractivity contribution is -0.385. The first-order valence-corrected chi connectivity index (χ1v) is 7.29. The highest BCUT2D eigenvalue weighted by Gasteiger charge is 2.05. The standard InChI is InChI=1S/C16H19N3O3/c1-2-3-4-11-22-15-8-5-13(6-9-15)18-16-10-7-14(12-17-16)19(20)21/h5-10,12H,2-4,11H2,1H3,(H,17,18). The first-order valence-electron chi connectivity index (χ1n) is 7.29. The predicted molar refractivity (Wildman–Crippen MR) is 85.6 cm³/mol. The Morgan fingerprint density at radius 1 is 1.18 bits per heavy atom. The fourth-order valence-electron chi connectivity index (χ4n) is 1.89. The number of ether oxygens (including phenoxy) is 1. The minimum Gasteiger partial charge on any atom is -0.494 e. The molecule has 0 spiro atoms. The van der Waals surface area contributed by atoms with E-state index in [4.69, 9.17) is 4.74 Å². The van der Waals surface area contributed by atoms with E-state index in [1.54, 1.807) is 6.07 Å². The second kappa shape index (κ2) is 7.97. The largest absolute Gasteiger partial charge is 0.494 e. The molecule has 0 aliphatic carbocycles. The number of hydrogen-bond donors (Lipinski definition) is 1. The summed E-state index contributed by atoms with van der Waals surface area (Å²) in [4.78, 5) is 14.1. The van der Waals surface area contributed by atoms with Crippen LogP contribution >= 0.6 is 0 Å². The van der Waals surface area contributed by atoms with Crippen LogP contribution in [0.5, 0.6) is 5.75 Å². The van der Waals surface area contributed by atoms with Crippen LogP contribution < -0.4 is 10.1 Å². The van der Waals surface area contributed by atoms with Gasteiger partial charge in [-0.1, -0.05) is 19.8 Å². The molecule has 0 atom stereocenters. The SMILES string of the molecule is CCCCCOc1ccc(Nc2ccc([N+](=O)[O-])cn2)cc1. The normalized spacial score (nSPS) is 10.2. The average Bonchev–Trinajstić information content (AvgIpc) is 2.54. The maximum Gasteiger partial charge on any atom is 0.287 e. The Balaban J connectivity index is 1.89. The Hall–Kier alpha value is -2.63. The summed E-state index contributed by atoms with van der Waals surface area (Å²) in [5.41, 5.74) is 0.823. The highest BCUT2D eigenvalue weighted by Crippen LogP contribution is 2.20. The predicted octanol–water partition coefficient (Wildman–Crippen LogP) is 4.30. The third-order valence-electron chi connectivity index (χ3n) is 3.10. The van der Waals surface area contributed by atoms with Gasteiger partial charge >= 0.3 is 0 Å². The molecule has 22 heavy (non-hydrogen) atoms. The van der Waals surface area contributed by atoms with Gasteiger partial charge in [0.05, 0.1) is 11.5 Å². The summed E-state index contributed by atoms with van der Waals surface area (Å²) >= 11 is 0. The fourth-order valence-corrected chi connectivity index (χ4v) is 1.89.